The molecule has 1 saturated heterocycles. The highest BCUT2D eigenvalue weighted by atomic mass is 35.5. The summed E-state index contributed by atoms with van der Waals surface area (Å²) in [6.45, 7) is 3.23. The van der Waals surface area contributed by atoms with Gasteiger partial charge in [-0.1, -0.05) is 11.6 Å². The molecule has 1 amide bonds. The van der Waals surface area contributed by atoms with Gasteiger partial charge in [0.05, 0.1) is 12.1 Å². The predicted molar refractivity (Wildman–Crippen MR) is 99.2 cm³/mol. The van der Waals surface area contributed by atoms with Crippen molar-refractivity contribution in [3.63, 3.8) is 0 Å². The van der Waals surface area contributed by atoms with Gasteiger partial charge in [-0.3, -0.25) is 14.4 Å². The number of carbonyl (C=O) groups excluding carboxylic acids is 2. The van der Waals surface area contributed by atoms with Gasteiger partial charge in [-0.05, 0) is 50.9 Å². The van der Waals surface area contributed by atoms with E-state index in [1.807, 2.05) is 0 Å². The third-order valence-corrected chi connectivity index (χ3v) is 4.92. The maximum atomic E-state index is 12.2. The Labute approximate surface area is 157 Å². The summed E-state index contributed by atoms with van der Waals surface area (Å²) in [7, 11) is 1.40. The average molecular weight is 385 g/mol. The molecule has 0 radical (unpaired) electrons. The molecule has 8 nitrogen and oxygen atoms in total. The first-order valence-corrected chi connectivity index (χ1v) is 9.04. The number of likely N-dealkylation sites (tertiary alicyclic amines) is 1. The van der Waals surface area contributed by atoms with Gasteiger partial charge in [0.25, 0.3) is 11.5 Å². The number of piperidine rings is 1. The van der Waals surface area contributed by atoms with Crippen molar-refractivity contribution in [3.05, 3.63) is 27.0 Å². The quantitative estimate of drug-likeness (QED) is 0.604. The lowest BCUT2D eigenvalue weighted by Gasteiger charge is -2.31. The number of nitrogens with zero attached hydrogens (tertiary/aromatic N) is 1. The second-order valence-corrected chi connectivity index (χ2v) is 6.86. The van der Waals surface area contributed by atoms with E-state index in [9.17, 15) is 14.4 Å². The summed E-state index contributed by atoms with van der Waals surface area (Å²) in [5, 5.41) is 2.95. The van der Waals surface area contributed by atoms with Crippen LogP contribution in [0.3, 0.4) is 0 Å². The molecule has 0 aliphatic carbocycles. The van der Waals surface area contributed by atoms with Crippen molar-refractivity contribution in [1.29, 1.82) is 0 Å². The zero-order chi connectivity index (χ0) is 19.1. The number of halogens is 1. The molecule has 1 aromatic heterocycles. The van der Waals surface area contributed by atoms with Crippen LogP contribution in [0.2, 0.25) is 5.02 Å². The van der Waals surface area contributed by atoms with Crippen molar-refractivity contribution in [2.45, 2.75) is 25.7 Å². The number of nitrogen functional groups attached to an aromatic ring is 1. The Balaban J connectivity index is 1.73. The van der Waals surface area contributed by atoms with Crippen molar-refractivity contribution >= 4 is 29.3 Å². The number of esters is 1. The molecule has 2 heterocycles. The maximum Gasteiger partial charge on any atom is 0.305 e. The molecule has 0 bridgehead atoms. The Morgan fingerprint density at radius 1 is 1.42 bits per heavy atom. The number of hydrogen-bond acceptors (Lipinski definition) is 6. The van der Waals surface area contributed by atoms with E-state index in [-0.39, 0.29) is 22.4 Å². The number of carbonyl (C=O) groups is 2. The Kier molecular flexibility index (Phi) is 7.47. The lowest BCUT2D eigenvalue weighted by atomic mass is 9.96. The van der Waals surface area contributed by atoms with E-state index < -0.39 is 11.5 Å². The molecular weight excluding hydrogens is 360 g/mol. The molecule has 1 aliphatic heterocycles. The fourth-order valence-electron chi connectivity index (χ4n) is 2.98. The molecule has 144 valence electrons. The van der Waals surface area contributed by atoms with Crippen LogP contribution in [0.1, 0.15) is 36.0 Å². The first-order chi connectivity index (χ1) is 12.4. The van der Waals surface area contributed by atoms with Gasteiger partial charge >= 0.3 is 5.97 Å². The van der Waals surface area contributed by atoms with Crippen LogP contribution in [0.4, 0.5) is 5.82 Å². The third-order valence-electron chi connectivity index (χ3n) is 4.61. The minimum atomic E-state index is -0.551. The smallest absolute Gasteiger partial charge is 0.305 e. The molecule has 1 fully saturated rings. The number of hydrogen-bond donors (Lipinski definition) is 3. The first-order valence-electron chi connectivity index (χ1n) is 8.66. The zero-order valence-corrected chi connectivity index (χ0v) is 15.6. The van der Waals surface area contributed by atoms with E-state index in [0.717, 1.165) is 38.9 Å². The van der Waals surface area contributed by atoms with Gasteiger partial charge in [-0.15, -0.1) is 0 Å². The van der Waals surface area contributed by atoms with Gasteiger partial charge in [0, 0.05) is 13.0 Å². The van der Waals surface area contributed by atoms with Crippen molar-refractivity contribution < 1.29 is 14.3 Å². The Morgan fingerprint density at radius 3 is 2.77 bits per heavy atom. The molecule has 0 atom stereocenters. The van der Waals surface area contributed by atoms with E-state index in [1.165, 1.54) is 13.2 Å². The first kappa shape index (κ1) is 20.3. The van der Waals surface area contributed by atoms with E-state index in [4.69, 9.17) is 17.3 Å². The molecule has 1 aliphatic rings. The fraction of sp³-hybridized carbons (Fsp3) is 0.588. The topological polar surface area (TPSA) is 118 Å². The summed E-state index contributed by atoms with van der Waals surface area (Å²) in [5.41, 5.74) is 4.91. The summed E-state index contributed by atoms with van der Waals surface area (Å²) < 4.78 is 4.63. The molecule has 1 aromatic rings. The number of methoxy groups -OCH3 is 1. The van der Waals surface area contributed by atoms with Gasteiger partial charge in [-0.2, -0.15) is 0 Å². The highest BCUT2D eigenvalue weighted by Gasteiger charge is 2.21. The van der Waals surface area contributed by atoms with E-state index in [1.54, 1.807) is 0 Å². The number of pyridine rings is 1. The van der Waals surface area contributed by atoms with Crippen molar-refractivity contribution in [2.24, 2.45) is 5.92 Å². The summed E-state index contributed by atoms with van der Waals surface area (Å²) in [5.74, 6) is -0.221. The standard InChI is InChI=1S/C17H25ClN4O4/c1-26-14(23)3-2-6-22-7-4-11(5-8-22)10-20-16(24)12-9-13(18)15(19)21-17(12)25/h9,11H,2-8,10H2,1H3,(H,20,24)(H3,19,21,25). The van der Waals surface area contributed by atoms with Crippen LogP contribution in [0, 0.1) is 5.92 Å². The maximum absolute atomic E-state index is 12.2. The number of ether oxygens (including phenoxy) is 1. The molecule has 0 saturated carbocycles. The molecule has 9 heteroatoms. The Hall–Kier alpha value is -2.06. The number of amides is 1. The van der Waals surface area contributed by atoms with Gasteiger partial charge in [0.2, 0.25) is 0 Å². The average Bonchev–Trinajstić information content (AvgIpc) is 2.63. The van der Waals surface area contributed by atoms with E-state index in [2.05, 4.69) is 19.9 Å². The van der Waals surface area contributed by atoms with Crippen molar-refractivity contribution in [3.8, 4) is 0 Å². The summed E-state index contributed by atoms with van der Waals surface area (Å²) in [4.78, 5) is 39.8. The Bertz CT molecular complexity index is 698. The van der Waals surface area contributed by atoms with Crippen LogP contribution in [-0.2, 0) is 9.53 Å². The lowest BCUT2D eigenvalue weighted by molar-refractivity contribution is -0.140. The number of anilines is 1. The summed E-state index contributed by atoms with van der Waals surface area (Å²) in [6, 6.07) is 1.29. The van der Waals surface area contributed by atoms with Crippen LogP contribution in [-0.4, -0.2) is 55.0 Å². The normalized spacial score (nSPS) is 15.6. The number of nitrogens with two attached hydrogens (primary N) is 1. The lowest BCUT2D eigenvalue weighted by Crippen LogP contribution is -2.40. The Morgan fingerprint density at radius 2 is 2.12 bits per heavy atom. The fourth-order valence-corrected chi connectivity index (χ4v) is 3.14. The molecular formula is C17H25ClN4O4. The van der Waals surface area contributed by atoms with Gasteiger partial charge in [-0.25, -0.2) is 0 Å². The molecule has 0 aromatic carbocycles. The number of H-pyrrole nitrogens is 1. The highest BCUT2D eigenvalue weighted by Crippen LogP contribution is 2.17. The zero-order valence-electron chi connectivity index (χ0n) is 14.8. The van der Waals surface area contributed by atoms with Crippen LogP contribution >= 0.6 is 11.6 Å². The number of nitrogens with one attached hydrogen (secondary N) is 2. The SMILES string of the molecule is COC(=O)CCCN1CCC(CNC(=O)c2cc(Cl)c(N)[nH]c2=O)CC1. The highest BCUT2D eigenvalue weighted by molar-refractivity contribution is 6.33. The molecule has 26 heavy (non-hydrogen) atoms. The van der Waals surface area contributed by atoms with Crippen LogP contribution in [0.25, 0.3) is 0 Å². The van der Waals surface area contributed by atoms with E-state index >= 15 is 0 Å². The van der Waals surface area contributed by atoms with Crippen LogP contribution in [0.15, 0.2) is 10.9 Å². The van der Waals surface area contributed by atoms with Crippen LogP contribution < -0.4 is 16.6 Å². The van der Waals surface area contributed by atoms with Crippen LogP contribution in [0.5, 0.6) is 0 Å². The molecule has 0 unspecified atom stereocenters. The van der Waals surface area contributed by atoms with E-state index in [0.29, 0.717) is 18.9 Å². The number of rotatable bonds is 7. The van der Waals surface area contributed by atoms with Gasteiger partial charge < -0.3 is 25.7 Å². The molecule has 4 N–H and O–H groups in total. The van der Waals surface area contributed by atoms with Crippen molar-refractivity contribution in [1.82, 2.24) is 15.2 Å². The minimum Gasteiger partial charge on any atom is -0.469 e. The summed E-state index contributed by atoms with van der Waals surface area (Å²) >= 11 is 5.86. The monoisotopic (exact) mass is 384 g/mol. The third kappa shape index (κ3) is 5.74. The second kappa shape index (κ2) is 9.59. The number of aromatic amines is 1. The predicted octanol–water partition coefficient (Wildman–Crippen LogP) is 1.01. The number of aromatic nitrogens is 1. The van der Waals surface area contributed by atoms with Gasteiger partial charge in [0.15, 0.2) is 0 Å². The van der Waals surface area contributed by atoms with Crippen molar-refractivity contribution in [2.75, 3.05) is 39.0 Å². The largest absolute Gasteiger partial charge is 0.469 e. The molecule has 0 spiro atoms. The second-order valence-electron chi connectivity index (χ2n) is 6.45. The molecule has 2 rings (SSSR count). The summed E-state index contributed by atoms with van der Waals surface area (Å²) in [6.07, 6.45) is 3.13. The van der Waals surface area contributed by atoms with Gasteiger partial charge in [0.1, 0.15) is 11.4 Å². The minimum absolute atomic E-state index is 0.0375.